The summed E-state index contributed by atoms with van der Waals surface area (Å²) in [4.78, 5) is 39.0. The number of anilines is 1. The third kappa shape index (κ3) is 7.27. The van der Waals surface area contributed by atoms with Crippen molar-refractivity contribution in [1.82, 2.24) is 14.8 Å². The highest BCUT2D eigenvalue weighted by atomic mass is 32.2. The summed E-state index contributed by atoms with van der Waals surface area (Å²) in [7, 11) is 0. The number of nitrogens with zero attached hydrogens (tertiary/aromatic N) is 7. The first-order valence-corrected chi connectivity index (χ1v) is 14.4. The SMILES string of the molecule is Cc1cc(C)c(N2C(=O)CSC2=NC(=O)N=CC(C#N)c2ccc(-c3ncn(-c4ccc(OC(F)(F)F)cc4)n3)cc2)c(C)c1. The summed E-state index contributed by atoms with van der Waals surface area (Å²) in [6, 6.07) is 17.1. The molecule has 0 radical (unpaired) electrons. The van der Waals surface area contributed by atoms with E-state index >= 15 is 0 Å². The molecule has 3 aromatic carbocycles. The molecule has 2 heterocycles. The summed E-state index contributed by atoms with van der Waals surface area (Å²) < 4.78 is 42.5. The monoisotopic (exact) mass is 631 g/mol. The molecule has 1 aliphatic heterocycles. The summed E-state index contributed by atoms with van der Waals surface area (Å²) in [5, 5.41) is 14.3. The van der Waals surface area contributed by atoms with Crippen LogP contribution >= 0.6 is 11.8 Å². The molecule has 1 aromatic heterocycles. The van der Waals surface area contributed by atoms with Gasteiger partial charge in [-0.05, 0) is 61.7 Å². The van der Waals surface area contributed by atoms with Crippen molar-refractivity contribution in [2.75, 3.05) is 10.7 Å². The molecule has 0 bridgehead atoms. The van der Waals surface area contributed by atoms with Gasteiger partial charge < -0.3 is 4.74 Å². The van der Waals surface area contributed by atoms with Gasteiger partial charge in [0.1, 0.15) is 18.0 Å². The van der Waals surface area contributed by atoms with Gasteiger partial charge in [-0.1, -0.05) is 53.7 Å². The fraction of sp³-hybridized carbons (Fsp3) is 0.194. The van der Waals surface area contributed by atoms with E-state index in [0.29, 0.717) is 28.3 Å². The normalized spacial score (nSPS) is 15.1. The number of rotatable bonds is 6. The molecule has 1 saturated heterocycles. The predicted octanol–water partition coefficient (Wildman–Crippen LogP) is 6.69. The molecule has 4 aromatic rings. The number of amides is 3. The summed E-state index contributed by atoms with van der Waals surface area (Å²) >= 11 is 1.15. The van der Waals surface area contributed by atoms with Gasteiger partial charge in [0, 0.05) is 11.8 Å². The van der Waals surface area contributed by atoms with Crippen LogP contribution in [0.25, 0.3) is 17.1 Å². The highest BCUT2D eigenvalue weighted by Gasteiger charge is 2.33. The van der Waals surface area contributed by atoms with Gasteiger partial charge in [0.2, 0.25) is 5.91 Å². The van der Waals surface area contributed by atoms with E-state index in [-0.39, 0.29) is 22.6 Å². The van der Waals surface area contributed by atoms with Gasteiger partial charge in [-0.25, -0.2) is 19.5 Å². The summed E-state index contributed by atoms with van der Waals surface area (Å²) in [6.45, 7) is 5.76. The van der Waals surface area contributed by atoms with E-state index in [1.807, 2.05) is 32.9 Å². The Kier molecular flexibility index (Phi) is 8.82. The van der Waals surface area contributed by atoms with Gasteiger partial charge in [0.05, 0.1) is 23.2 Å². The lowest BCUT2D eigenvalue weighted by Crippen LogP contribution is -2.31. The molecule has 14 heteroatoms. The average molecular weight is 632 g/mol. The van der Waals surface area contributed by atoms with Crippen LogP contribution in [0.15, 0.2) is 77.0 Å². The lowest BCUT2D eigenvalue weighted by Gasteiger charge is -2.21. The first-order chi connectivity index (χ1) is 21.4. The Morgan fingerprint density at radius 1 is 1.09 bits per heavy atom. The van der Waals surface area contributed by atoms with Gasteiger partial charge in [0.25, 0.3) is 0 Å². The minimum absolute atomic E-state index is 0.145. The first kappa shape index (κ1) is 31.1. The summed E-state index contributed by atoms with van der Waals surface area (Å²) in [5.74, 6) is -0.909. The fourth-order valence-corrected chi connectivity index (χ4v) is 5.64. The summed E-state index contributed by atoms with van der Waals surface area (Å²) in [6.07, 6.45) is -2.17. The number of carbonyl (C=O) groups is 2. The molecule has 0 aliphatic carbocycles. The zero-order valence-electron chi connectivity index (χ0n) is 24.1. The molecule has 0 N–H and O–H groups in total. The van der Waals surface area contributed by atoms with Gasteiger partial charge in [-0.3, -0.25) is 9.69 Å². The molecule has 1 unspecified atom stereocenters. The molecule has 1 fully saturated rings. The third-order valence-corrected chi connectivity index (χ3v) is 7.57. The van der Waals surface area contributed by atoms with Crippen LogP contribution < -0.4 is 9.64 Å². The highest BCUT2D eigenvalue weighted by molar-refractivity contribution is 8.15. The zero-order chi connectivity index (χ0) is 32.3. The molecule has 228 valence electrons. The maximum Gasteiger partial charge on any atom is 0.573 e. The molecular formula is C31H24F3N7O3S. The second kappa shape index (κ2) is 12.7. The van der Waals surface area contributed by atoms with Crippen LogP contribution in [-0.2, 0) is 4.79 Å². The van der Waals surface area contributed by atoms with Crippen molar-refractivity contribution < 1.29 is 27.5 Å². The van der Waals surface area contributed by atoms with E-state index < -0.39 is 18.3 Å². The topological polar surface area (TPSA) is 126 Å². The average Bonchev–Trinajstić information content (AvgIpc) is 3.61. The van der Waals surface area contributed by atoms with Gasteiger partial charge in [0.15, 0.2) is 11.0 Å². The van der Waals surface area contributed by atoms with Crippen molar-refractivity contribution in [2.45, 2.75) is 33.1 Å². The Hall–Kier alpha value is -5.29. The van der Waals surface area contributed by atoms with Crippen LogP contribution in [0.2, 0.25) is 0 Å². The number of aromatic nitrogens is 3. The number of hydrogen-bond donors (Lipinski definition) is 0. The minimum Gasteiger partial charge on any atom is -0.406 e. The summed E-state index contributed by atoms with van der Waals surface area (Å²) in [5.41, 5.74) is 5.17. The predicted molar refractivity (Wildman–Crippen MR) is 164 cm³/mol. The largest absolute Gasteiger partial charge is 0.573 e. The molecule has 1 aliphatic rings. The van der Waals surface area contributed by atoms with E-state index in [4.69, 9.17) is 0 Å². The quantitative estimate of drug-likeness (QED) is 0.217. The van der Waals surface area contributed by atoms with Gasteiger partial charge >= 0.3 is 12.4 Å². The van der Waals surface area contributed by atoms with Crippen molar-refractivity contribution in [2.24, 2.45) is 9.98 Å². The molecule has 1 atom stereocenters. The number of aliphatic imine (C=N–C) groups is 2. The molecular weight excluding hydrogens is 607 g/mol. The van der Waals surface area contributed by atoms with E-state index in [2.05, 4.69) is 30.9 Å². The molecule has 10 nitrogen and oxygen atoms in total. The smallest absolute Gasteiger partial charge is 0.406 e. The van der Waals surface area contributed by atoms with Crippen molar-refractivity contribution in [3.05, 3.63) is 89.2 Å². The minimum atomic E-state index is -4.78. The number of carbonyl (C=O) groups excluding carboxylic acids is 2. The number of benzene rings is 3. The number of hydrogen-bond acceptors (Lipinski definition) is 7. The van der Waals surface area contributed by atoms with Gasteiger partial charge in [-0.2, -0.15) is 10.3 Å². The number of aryl methyl sites for hydroxylation is 3. The Labute approximate surface area is 259 Å². The van der Waals surface area contributed by atoms with Crippen LogP contribution in [0.4, 0.5) is 23.7 Å². The molecule has 45 heavy (non-hydrogen) atoms. The molecule has 5 rings (SSSR count). The highest BCUT2D eigenvalue weighted by Crippen LogP contribution is 2.33. The fourth-order valence-electron chi connectivity index (χ4n) is 4.79. The number of halogens is 3. The second-order valence-corrected chi connectivity index (χ2v) is 10.9. The number of amidine groups is 1. The first-order valence-electron chi connectivity index (χ1n) is 13.4. The van der Waals surface area contributed by atoms with Crippen LogP contribution in [0, 0.1) is 32.1 Å². The Morgan fingerprint density at radius 3 is 2.38 bits per heavy atom. The lowest BCUT2D eigenvalue weighted by atomic mass is 10.0. The van der Waals surface area contributed by atoms with E-state index in [0.717, 1.165) is 28.5 Å². The van der Waals surface area contributed by atoms with Crippen molar-refractivity contribution in [3.63, 3.8) is 0 Å². The molecule has 3 amide bonds. The van der Waals surface area contributed by atoms with Crippen molar-refractivity contribution >= 4 is 40.8 Å². The third-order valence-electron chi connectivity index (χ3n) is 6.64. The van der Waals surface area contributed by atoms with Crippen LogP contribution in [0.5, 0.6) is 5.75 Å². The standard InChI is InChI=1S/C31H24F3N7O3S/c1-18-12-19(2)27(20(3)13-18)41-26(42)16-45-30(41)38-29(43)36-15-23(14-35)21-4-6-22(7-5-21)28-37-17-40(39-28)24-8-10-25(11-9-24)44-31(32,33)34/h4-13,15,17,23H,16H2,1-3H3. The van der Waals surface area contributed by atoms with Crippen molar-refractivity contribution in [1.29, 1.82) is 5.26 Å². The number of urea groups is 1. The molecule has 0 spiro atoms. The maximum absolute atomic E-state index is 12.7. The number of ether oxygens (including phenoxy) is 1. The second-order valence-electron chi connectivity index (χ2n) is 10.0. The number of alkyl halides is 3. The maximum atomic E-state index is 12.7. The Balaban J connectivity index is 1.27. The zero-order valence-corrected chi connectivity index (χ0v) is 24.9. The number of nitriles is 1. The Morgan fingerprint density at radius 2 is 1.76 bits per heavy atom. The lowest BCUT2D eigenvalue weighted by molar-refractivity contribution is -0.274. The van der Waals surface area contributed by atoms with E-state index in [9.17, 15) is 28.0 Å². The van der Waals surface area contributed by atoms with Gasteiger partial charge in [-0.15, -0.1) is 18.3 Å². The number of thioether (sulfide) groups is 1. The van der Waals surface area contributed by atoms with Crippen molar-refractivity contribution in [3.8, 4) is 28.9 Å². The molecule has 0 saturated carbocycles. The Bertz CT molecular complexity index is 1840. The van der Waals surface area contributed by atoms with E-state index in [1.165, 1.54) is 46.4 Å². The van der Waals surface area contributed by atoms with Crippen LogP contribution in [0.3, 0.4) is 0 Å². The van der Waals surface area contributed by atoms with E-state index in [1.54, 1.807) is 24.3 Å². The van der Waals surface area contributed by atoms with Crippen LogP contribution in [0.1, 0.15) is 28.2 Å². The van der Waals surface area contributed by atoms with Crippen LogP contribution in [-0.4, -0.2) is 50.2 Å².